The van der Waals surface area contributed by atoms with Crippen molar-refractivity contribution in [3.05, 3.63) is 53.9 Å². The summed E-state index contributed by atoms with van der Waals surface area (Å²) in [6.45, 7) is 2.11. The molecule has 0 spiro atoms. The van der Waals surface area contributed by atoms with E-state index in [1.165, 1.54) is 12.5 Å². The number of Topliss-reactive ketones (excluding diaryl/α,β-unsaturated/α-hetero) is 1. The quantitative estimate of drug-likeness (QED) is 0.498. The Morgan fingerprint density at radius 1 is 1.25 bits per heavy atom. The monoisotopic (exact) mass is 270 g/mol. The highest BCUT2D eigenvalue weighted by Gasteiger charge is 2.05. The van der Waals surface area contributed by atoms with E-state index in [4.69, 9.17) is 10.5 Å². The van der Waals surface area contributed by atoms with Crippen LogP contribution in [0.4, 0.5) is 5.69 Å². The Labute approximate surface area is 118 Å². The topological polar surface area (TPSA) is 65.2 Å². The van der Waals surface area contributed by atoms with Crippen molar-refractivity contribution in [2.45, 2.75) is 19.8 Å². The van der Waals surface area contributed by atoms with E-state index in [1.807, 2.05) is 12.1 Å². The average Bonchev–Trinajstić information content (AvgIpc) is 2.44. The Balaban J connectivity index is 1.83. The van der Waals surface area contributed by atoms with Gasteiger partial charge in [0.1, 0.15) is 5.75 Å². The van der Waals surface area contributed by atoms with Crippen LogP contribution in [0.3, 0.4) is 0 Å². The van der Waals surface area contributed by atoms with Gasteiger partial charge in [0, 0.05) is 29.7 Å². The maximum absolute atomic E-state index is 11.3. The fourth-order valence-electron chi connectivity index (χ4n) is 1.97. The summed E-state index contributed by atoms with van der Waals surface area (Å²) in [4.78, 5) is 15.2. The van der Waals surface area contributed by atoms with Crippen LogP contribution in [-0.2, 0) is 6.42 Å². The van der Waals surface area contributed by atoms with Crippen molar-refractivity contribution in [1.29, 1.82) is 0 Å². The van der Waals surface area contributed by atoms with Gasteiger partial charge in [0.2, 0.25) is 0 Å². The van der Waals surface area contributed by atoms with Crippen LogP contribution in [0.5, 0.6) is 5.75 Å². The van der Waals surface area contributed by atoms with Gasteiger partial charge in [-0.1, -0.05) is 0 Å². The highest BCUT2D eigenvalue weighted by atomic mass is 16.5. The first-order chi connectivity index (χ1) is 9.66. The summed E-state index contributed by atoms with van der Waals surface area (Å²) in [6, 6.07) is 9.18. The van der Waals surface area contributed by atoms with Gasteiger partial charge < -0.3 is 10.5 Å². The number of anilines is 1. The number of hydrogen-bond donors (Lipinski definition) is 1. The zero-order chi connectivity index (χ0) is 14.4. The molecule has 4 nitrogen and oxygen atoms in total. The lowest BCUT2D eigenvalue weighted by Gasteiger charge is -2.08. The molecule has 0 aliphatic rings. The fraction of sp³-hybridized carbons (Fsp3) is 0.250. The lowest BCUT2D eigenvalue weighted by atomic mass is 10.1. The van der Waals surface area contributed by atoms with E-state index in [1.54, 1.807) is 30.6 Å². The van der Waals surface area contributed by atoms with Crippen LogP contribution in [0.25, 0.3) is 0 Å². The third-order valence-electron chi connectivity index (χ3n) is 3.03. The maximum atomic E-state index is 11.3. The van der Waals surface area contributed by atoms with Gasteiger partial charge in [-0.2, -0.15) is 0 Å². The molecule has 0 saturated heterocycles. The van der Waals surface area contributed by atoms with E-state index in [2.05, 4.69) is 4.98 Å². The minimum atomic E-state index is -0.0354. The molecule has 0 atom stereocenters. The van der Waals surface area contributed by atoms with E-state index in [0.717, 1.165) is 12.8 Å². The number of nitrogens with zero attached hydrogens (tertiary/aromatic N) is 1. The van der Waals surface area contributed by atoms with E-state index in [-0.39, 0.29) is 5.78 Å². The largest absolute Gasteiger partial charge is 0.494 e. The molecule has 0 unspecified atom stereocenters. The second kappa shape index (κ2) is 6.70. The van der Waals surface area contributed by atoms with Crippen LogP contribution in [0.2, 0.25) is 0 Å². The van der Waals surface area contributed by atoms with Gasteiger partial charge >= 0.3 is 0 Å². The van der Waals surface area contributed by atoms with Gasteiger partial charge in [-0.15, -0.1) is 0 Å². The number of nitrogens with two attached hydrogens (primary N) is 1. The zero-order valence-corrected chi connectivity index (χ0v) is 11.5. The second-order valence-electron chi connectivity index (χ2n) is 4.61. The number of ether oxygens (including phenoxy) is 1. The van der Waals surface area contributed by atoms with Gasteiger partial charge in [-0.25, -0.2) is 0 Å². The molecular weight excluding hydrogens is 252 g/mol. The minimum absolute atomic E-state index is 0.0354. The molecule has 0 radical (unpaired) electrons. The Hall–Kier alpha value is -2.36. The molecule has 0 bridgehead atoms. The van der Waals surface area contributed by atoms with Crippen LogP contribution < -0.4 is 10.5 Å². The Morgan fingerprint density at radius 3 is 2.65 bits per heavy atom. The summed E-state index contributed by atoms with van der Waals surface area (Å²) in [5.74, 6) is 0.661. The molecule has 0 saturated carbocycles. The molecule has 20 heavy (non-hydrogen) atoms. The normalized spacial score (nSPS) is 10.2. The van der Waals surface area contributed by atoms with Crippen LogP contribution in [0.1, 0.15) is 29.3 Å². The summed E-state index contributed by atoms with van der Waals surface area (Å²) in [7, 11) is 0. The molecular formula is C16H18N2O2. The average molecular weight is 270 g/mol. The first kappa shape index (κ1) is 14.1. The summed E-state index contributed by atoms with van der Waals surface area (Å²) in [6.07, 6.45) is 5.44. The minimum Gasteiger partial charge on any atom is -0.494 e. The number of nitrogen functional groups attached to an aromatic ring is 1. The van der Waals surface area contributed by atoms with Crippen LogP contribution >= 0.6 is 0 Å². The molecule has 2 N–H and O–H groups in total. The van der Waals surface area contributed by atoms with Gasteiger partial charge in [0.05, 0.1) is 6.61 Å². The van der Waals surface area contributed by atoms with Gasteiger partial charge in [-0.05, 0) is 49.6 Å². The molecule has 0 fully saturated rings. The van der Waals surface area contributed by atoms with E-state index in [0.29, 0.717) is 23.6 Å². The summed E-state index contributed by atoms with van der Waals surface area (Å²) in [5, 5.41) is 0. The molecule has 1 heterocycles. The molecule has 1 aromatic carbocycles. The standard InChI is InChI=1S/C16H18N2O2/c1-12(19)15-5-4-14(11-16(15)17)20-10-2-3-13-6-8-18-9-7-13/h4-9,11H,2-3,10,17H2,1H3. The predicted molar refractivity (Wildman–Crippen MR) is 78.9 cm³/mol. The number of hydrogen-bond acceptors (Lipinski definition) is 4. The van der Waals surface area contributed by atoms with Crippen molar-refractivity contribution in [3.63, 3.8) is 0 Å². The molecule has 0 amide bonds. The smallest absolute Gasteiger partial charge is 0.161 e. The first-order valence-electron chi connectivity index (χ1n) is 6.59. The number of ketones is 1. The number of carbonyl (C=O) groups is 1. The second-order valence-corrected chi connectivity index (χ2v) is 4.61. The molecule has 0 aliphatic carbocycles. The van der Waals surface area contributed by atoms with Gasteiger partial charge in [0.15, 0.2) is 5.78 Å². The SMILES string of the molecule is CC(=O)c1ccc(OCCCc2ccncc2)cc1N. The number of aryl methyl sites for hydroxylation is 1. The molecule has 1 aromatic heterocycles. The number of aromatic nitrogens is 1. The summed E-state index contributed by atoms with van der Waals surface area (Å²) < 4.78 is 5.64. The summed E-state index contributed by atoms with van der Waals surface area (Å²) in [5.41, 5.74) is 8.05. The van der Waals surface area contributed by atoms with Crippen molar-refractivity contribution in [2.24, 2.45) is 0 Å². The van der Waals surface area contributed by atoms with Crippen molar-refractivity contribution in [2.75, 3.05) is 12.3 Å². The number of rotatable bonds is 6. The van der Waals surface area contributed by atoms with Crippen molar-refractivity contribution in [3.8, 4) is 5.75 Å². The number of benzene rings is 1. The third kappa shape index (κ3) is 3.82. The van der Waals surface area contributed by atoms with Crippen molar-refractivity contribution in [1.82, 2.24) is 4.98 Å². The van der Waals surface area contributed by atoms with E-state index >= 15 is 0 Å². The first-order valence-corrected chi connectivity index (χ1v) is 6.59. The Bertz CT molecular complexity index is 582. The lowest BCUT2D eigenvalue weighted by Crippen LogP contribution is -2.03. The van der Waals surface area contributed by atoms with Crippen molar-refractivity contribution < 1.29 is 9.53 Å². The van der Waals surface area contributed by atoms with Crippen LogP contribution in [0, 0.1) is 0 Å². The van der Waals surface area contributed by atoms with Crippen LogP contribution in [-0.4, -0.2) is 17.4 Å². The highest BCUT2D eigenvalue weighted by molar-refractivity contribution is 5.99. The zero-order valence-electron chi connectivity index (χ0n) is 11.5. The molecule has 2 rings (SSSR count). The number of pyridine rings is 1. The Kier molecular flexibility index (Phi) is 4.71. The van der Waals surface area contributed by atoms with Gasteiger partial charge in [-0.3, -0.25) is 9.78 Å². The van der Waals surface area contributed by atoms with Crippen LogP contribution in [0.15, 0.2) is 42.7 Å². The number of carbonyl (C=O) groups excluding carboxylic acids is 1. The molecule has 4 heteroatoms. The third-order valence-corrected chi connectivity index (χ3v) is 3.03. The fourth-order valence-corrected chi connectivity index (χ4v) is 1.97. The van der Waals surface area contributed by atoms with Crippen molar-refractivity contribution >= 4 is 11.5 Å². The lowest BCUT2D eigenvalue weighted by molar-refractivity contribution is 0.101. The predicted octanol–water partition coefficient (Wildman–Crippen LogP) is 2.88. The van der Waals surface area contributed by atoms with E-state index in [9.17, 15) is 4.79 Å². The highest BCUT2D eigenvalue weighted by Crippen LogP contribution is 2.20. The Morgan fingerprint density at radius 2 is 2.00 bits per heavy atom. The van der Waals surface area contributed by atoms with E-state index < -0.39 is 0 Å². The summed E-state index contributed by atoms with van der Waals surface area (Å²) >= 11 is 0. The molecule has 2 aromatic rings. The molecule has 0 aliphatic heterocycles. The van der Waals surface area contributed by atoms with Gasteiger partial charge in [0.25, 0.3) is 0 Å². The molecule has 104 valence electrons. The maximum Gasteiger partial charge on any atom is 0.161 e.